The number of nitrogens with one attached hydrogen (secondary N) is 1. The van der Waals surface area contributed by atoms with Crippen LogP contribution in [0.1, 0.15) is 18.1 Å². The van der Waals surface area contributed by atoms with Crippen molar-refractivity contribution in [1.29, 1.82) is 0 Å². The summed E-state index contributed by atoms with van der Waals surface area (Å²) >= 11 is 0. The quantitative estimate of drug-likeness (QED) is 0.885. The first-order valence-electron chi connectivity index (χ1n) is 6.48. The average molecular weight is 279 g/mol. The van der Waals surface area contributed by atoms with Gasteiger partial charge in [0, 0.05) is 12.1 Å². The van der Waals surface area contributed by atoms with Crippen LogP contribution in [-0.2, 0) is 6.54 Å². The number of aryl methyl sites for hydroxylation is 1. The molecule has 0 aliphatic rings. The molecule has 0 aliphatic carbocycles. The van der Waals surface area contributed by atoms with Gasteiger partial charge in [-0.3, -0.25) is 0 Å². The maximum Gasteiger partial charge on any atom is 0.136 e. The van der Waals surface area contributed by atoms with E-state index in [1.807, 2.05) is 6.92 Å². The van der Waals surface area contributed by atoms with Crippen molar-refractivity contribution in [2.75, 3.05) is 6.54 Å². The molecule has 2 aromatic carbocycles. The van der Waals surface area contributed by atoms with Gasteiger partial charge in [-0.15, -0.1) is 0 Å². The summed E-state index contributed by atoms with van der Waals surface area (Å²) in [5, 5.41) is 3.09. The van der Waals surface area contributed by atoms with E-state index in [2.05, 4.69) is 5.32 Å². The lowest BCUT2D eigenvalue weighted by atomic mass is 9.99. The summed E-state index contributed by atoms with van der Waals surface area (Å²) in [6, 6.07) is 6.83. The lowest BCUT2D eigenvalue weighted by Gasteiger charge is -2.11. The Morgan fingerprint density at radius 2 is 1.70 bits per heavy atom. The summed E-state index contributed by atoms with van der Waals surface area (Å²) < 4.78 is 41.9. The van der Waals surface area contributed by atoms with E-state index in [9.17, 15) is 13.2 Å². The summed E-state index contributed by atoms with van der Waals surface area (Å²) in [5.41, 5.74) is 0.724. The highest BCUT2D eigenvalue weighted by Gasteiger charge is 2.17. The Morgan fingerprint density at radius 1 is 1.00 bits per heavy atom. The number of hydrogen-bond donors (Lipinski definition) is 1. The molecule has 0 aromatic heterocycles. The normalized spacial score (nSPS) is 10.8. The zero-order valence-electron chi connectivity index (χ0n) is 11.4. The van der Waals surface area contributed by atoms with Gasteiger partial charge in [0.2, 0.25) is 0 Å². The Balaban J connectivity index is 2.54. The summed E-state index contributed by atoms with van der Waals surface area (Å²) in [7, 11) is 0. The van der Waals surface area contributed by atoms with Crippen molar-refractivity contribution in [1.82, 2.24) is 5.32 Å². The molecule has 0 spiro atoms. The lowest BCUT2D eigenvalue weighted by molar-refractivity contribution is 0.576. The van der Waals surface area contributed by atoms with E-state index in [1.54, 1.807) is 6.07 Å². The fourth-order valence-corrected chi connectivity index (χ4v) is 2.05. The maximum absolute atomic E-state index is 14.1. The summed E-state index contributed by atoms with van der Waals surface area (Å²) in [6.07, 6.45) is 0. The minimum absolute atomic E-state index is 0.0425. The Hall–Kier alpha value is -1.81. The van der Waals surface area contributed by atoms with Crippen LogP contribution in [0.3, 0.4) is 0 Å². The summed E-state index contributed by atoms with van der Waals surface area (Å²) in [5.74, 6) is -2.11. The largest absolute Gasteiger partial charge is 0.313 e. The minimum Gasteiger partial charge on any atom is -0.313 e. The maximum atomic E-state index is 14.1. The predicted molar refractivity (Wildman–Crippen MR) is 73.9 cm³/mol. The Bertz CT molecular complexity index is 623. The molecule has 2 rings (SSSR count). The van der Waals surface area contributed by atoms with Crippen LogP contribution in [0.15, 0.2) is 30.3 Å². The van der Waals surface area contributed by atoms with Crippen molar-refractivity contribution in [3.8, 4) is 11.1 Å². The molecule has 4 heteroatoms. The van der Waals surface area contributed by atoms with Crippen LogP contribution in [0.2, 0.25) is 0 Å². The van der Waals surface area contributed by atoms with Gasteiger partial charge in [-0.25, -0.2) is 13.2 Å². The monoisotopic (exact) mass is 279 g/mol. The Kier molecular flexibility index (Phi) is 4.45. The van der Waals surface area contributed by atoms with E-state index < -0.39 is 17.5 Å². The van der Waals surface area contributed by atoms with Gasteiger partial charge in [0.05, 0.1) is 5.56 Å². The number of benzene rings is 2. The third-order valence-corrected chi connectivity index (χ3v) is 3.16. The van der Waals surface area contributed by atoms with Crippen molar-refractivity contribution in [2.24, 2.45) is 0 Å². The van der Waals surface area contributed by atoms with E-state index in [1.165, 1.54) is 25.1 Å². The molecule has 0 saturated heterocycles. The fraction of sp³-hybridized carbons (Fsp3) is 0.250. The topological polar surface area (TPSA) is 12.0 Å². The lowest BCUT2D eigenvalue weighted by Crippen LogP contribution is -2.11. The predicted octanol–water partition coefficient (Wildman–Crippen LogP) is 4.19. The molecule has 0 fully saturated rings. The van der Waals surface area contributed by atoms with Crippen LogP contribution >= 0.6 is 0 Å². The van der Waals surface area contributed by atoms with Gasteiger partial charge in [0.15, 0.2) is 0 Å². The highest BCUT2D eigenvalue weighted by molar-refractivity contribution is 5.67. The van der Waals surface area contributed by atoms with Crippen LogP contribution in [-0.4, -0.2) is 6.54 Å². The highest BCUT2D eigenvalue weighted by Crippen LogP contribution is 2.30. The molecular formula is C16H16F3N. The number of hydrogen-bond acceptors (Lipinski definition) is 1. The van der Waals surface area contributed by atoms with Crippen molar-refractivity contribution >= 4 is 0 Å². The SMILES string of the molecule is CCNCc1ccc(F)c(-c2c(F)ccc(C)c2F)c1. The first kappa shape index (κ1) is 14.6. The molecule has 106 valence electrons. The van der Waals surface area contributed by atoms with Crippen molar-refractivity contribution in [2.45, 2.75) is 20.4 Å². The summed E-state index contributed by atoms with van der Waals surface area (Å²) in [4.78, 5) is 0. The molecule has 0 atom stereocenters. The van der Waals surface area contributed by atoms with Crippen LogP contribution in [0.4, 0.5) is 13.2 Å². The molecule has 0 saturated carbocycles. The van der Waals surface area contributed by atoms with Gasteiger partial charge < -0.3 is 5.32 Å². The first-order chi connectivity index (χ1) is 9.54. The molecule has 0 radical (unpaired) electrons. The Labute approximate surface area is 116 Å². The van der Waals surface area contributed by atoms with Crippen LogP contribution < -0.4 is 5.32 Å². The van der Waals surface area contributed by atoms with Crippen molar-refractivity contribution in [3.63, 3.8) is 0 Å². The third-order valence-electron chi connectivity index (χ3n) is 3.16. The standard InChI is InChI=1S/C16H16F3N/c1-3-20-9-11-5-7-13(17)12(8-11)15-14(18)6-4-10(2)16(15)19/h4-8,20H,3,9H2,1-2H3. The van der Waals surface area contributed by atoms with E-state index in [0.29, 0.717) is 6.54 Å². The molecule has 20 heavy (non-hydrogen) atoms. The number of halogens is 3. The van der Waals surface area contributed by atoms with Crippen LogP contribution in [0, 0.1) is 24.4 Å². The van der Waals surface area contributed by atoms with Gasteiger partial charge >= 0.3 is 0 Å². The third kappa shape index (κ3) is 2.85. The Morgan fingerprint density at radius 3 is 2.40 bits per heavy atom. The van der Waals surface area contributed by atoms with E-state index >= 15 is 0 Å². The molecule has 0 aliphatic heterocycles. The smallest absolute Gasteiger partial charge is 0.136 e. The molecule has 2 aromatic rings. The average Bonchev–Trinajstić information content (AvgIpc) is 2.44. The van der Waals surface area contributed by atoms with Crippen molar-refractivity contribution in [3.05, 3.63) is 58.9 Å². The highest BCUT2D eigenvalue weighted by atomic mass is 19.1. The molecule has 0 amide bonds. The first-order valence-corrected chi connectivity index (χ1v) is 6.48. The second-order valence-corrected chi connectivity index (χ2v) is 4.65. The van der Waals surface area contributed by atoms with Gasteiger partial charge in [0.1, 0.15) is 17.5 Å². The van der Waals surface area contributed by atoms with Crippen LogP contribution in [0.5, 0.6) is 0 Å². The van der Waals surface area contributed by atoms with Gasteiger partial charge in [-0.05, 0) is 42.8 Å². The fourth-order valence-electron chi connectivity index (χ4n) is 2.05. The molecule has 0 heterocycles. The molecular weight excluding hydrogens is 263 g/mol. The zero-order valence-corrected chi connectivity index (χ0v) is 11.4. The van der Waals surface area contributed by atoms with E-state index in [4.69, 9.17) is 0 Å². The van der Waals surface area contributed by atoms with Gasteiger partial charge in [0.25, 0.3) is 0 Å². The van der Waals surface area contributed by atoms with Gasteiger partial charge in [-0.1, -0.05) is 19.1 Å². The zero-order chi connectivity index (χ0) is 14.7. The van der Waals surface area contributed by atoms with E-state index in [-0.39, 0.29) is 16.7 Å². The molecule has 0 bridgehead atoms. The summed E-state index contributed by atoms with van der Waals surface area (Å²) in [6.45, 7) is 4.77. The second-order valence-electron chi connectivity index (χ2n) is 4.65. The second kappa shape index (κ2) is 6.09. The molecule has 1 nitrogen and oxygen atoms in total. The molecule has 0 unspecified atom stereocenters. The van der Waals surface area contributed by atoms with E-state index in [0.717, 1.165) is 18.2 Å². The van der Waals surface area contributed by atoms with Gasteiger partial charge in [-0.2, -0.15) is 0 Å². The van der Waals surface area contributed by atoms with Crippen LogP contribution in [0.25, 0.3) is 11.1 Å². The van der Waals surface area contributed by atoms with Crippen molar-refractivity contribution < 1.29 is 13.2 Å². The number of rotatable bonds is 4. The minimum atomic E-state index is -0.757. The molecule has 1 N–H and O–H groups in total.